The maximum Gasteiger partial charge on any atom is 0.252 e. The number of pyridine rings is 1. The highest BCUT2D eigenvalue weighted by Crippen LogP contribution is 2.19. The number of fused-ring (bicyclic) bond motifs is 1. The van der Waals surface area contributed by atoms with Crippen LogP contribution in [0.3, 0.4) is 0 Å². The molecule has 1 aliphatic rings. The summed E-state index contributed by atoms with van der Waals surface area (Å²) in [4.78, 5) is 15.3. The van der Waals surface area contributed by atoms with E-state index in [4.69, 9.17) is 4.74 Å². The number of ether oxygens (including phenoxy) is 1. The van der Waals surface area contributed by atoms with Crippen molar-refractivity contribution in [3.05, 3.63) is 63.6 Å². The Morgan fingerprint density at radius 3 is 2.71 bits per heavy atom. The Labute approximate surface area is 143 Å². The summed E-state index contributed by atoms with van der Waals surface area (Å²) in [5.41, 5.74) is 2.93. The number of rotatable bonds is 6. The van der Waals surface area contributed by atoms with E-state index in [9.17, 15) is 4.79 Å². The van der Waals surface area contributed by atoms with Crippen molar-refractivity contribution in [3.8, 4) is 5.75 Å². The standard InChI is InChI=1S/C20H26N2O2/c1-20(2,24-17-9-4-3-5-10-17)14-21-13-16-12-15-8-6-7-11-18(15)22-19(16)23/h3-5,9-10,12,21H,6-8,11,13-14H2,1-2H3,(H,22,23). The largest absolute Gasteiger partial charge is 0.487 e. The smallest absolute Gasteiger partial charge is 0.252 e. The maximum atomic E-state index is 12.2. The first-order valence-electron chi connectivity index (χ1n) is 8.72. The van der Waals surface area contributed by atoms with E-state index in [2.05, 4.69) is 16.4 Å². The average Bonchev–Trinajstić information content (AvgIpc) is 2.55. The predicted octanol–water partition coefficient (Wildman–Crippen LogP) is 3.20. The normalized spacial score (nSPS) is 14.2. The summed E-state index contributed by atoms with van der Waals surface area (Å²) in [6.45, 7) is 5.32. The lowest BCUT2D eigenvalue weighted by Gasteiger charge is -2.27. The zero-order valence-electron chi connectivity index (χ0n) is 14.5. The molecule has 0 atom stereocenters. The van der Waals surface area contributed by atoms with Crippen molar-refractivity contribution in [1.29, 1.82) is 0 Å². The van der Waals surface area contributed by atoms with Gasteiger partial charge in [0.15, 0.2) is 0 Å². The first-order valence-corrected chi connectivity index (χ1v) is 8.72. The van der Waals surface area contributed by atoms with Crippen LogP contribution in [0.15, 0.2) is 41.2 Å². The monoisotopic (exact) mass is 326 g/mol. The molecule has 0 fully saturated rings. The minimum atomic E-state index is -0.345. The topological polar surface area (TPSA) is 54.1 Å². The molecule has 128 valence electrons. The van der Waals surface area contributed by atoms with E-state index >= 15 is 0 Å². The fourth-order valence-corrected chi connectivity index (χ4v) is 3.20. The molecule has 3 rings (SSSR count). The Kier molecular flexibility index (Phi) is 5.05. The third-order valence-corrected chi connectivity index (χ3v) is 4.42. The van der Waals surface area contributed by atoms with Gasteiger partial charge in [-0.3, -0.25) is 4.79 Å². The third-order valence-electron chi connectivity index (χ3n) is 4.42. The second kappa shape index (κ2) is 7.22. The van der Waals surface area contributed by atoms with E-state index in [1.807, 2.05) is 44.2 Å². The lowest BCUT2D eigenvalue weighted by Crippen LogP contribution is -2.40. The number of aromatic amines is 1. The molecule has 24 heavy (non-hydrogen) atoms. The molecule has 0 radical (unpaired) electrons. The van der Waals surface area contributed by atoms with Crippen LogP contribution in [0.25, 0.3) is 0 Å². The molecule has 1 heterocycles. The first-order chi connectivity index (χ1) is 11.5. The molecule has 1 aromatic heterocycles. The van der Waals surface area contributed by atoms with E-state index in [0.29, 0.717) is 13.1 Å². The fourth-order valence-electron chi connectivity index (χ4n) is 3.20. The van der Waals surface area contributed by atoms with Crippen LogP contribution in [-0.2, 0) is 19.4 Å². The van der Waals surface area contributed by atoms with Gasteiger partial charge >= 0.3 is 0 Å². The summed E-state index contributed by atoms with van der Waals surface area (Å²) in [5, 5.41) is 3.36. The summed E-state index contributed by atoms with van der Waals surface area (Å²) in [5.74, 6) is 0.857. The third kappa shape index (κ3) is 4.26. The molecule has 0 amide bonds. The second-order valence-electron chi connectivity index (χ2n) is 7.11. The molecule has 1 aliphatic carbocycles. The van der Waals surface area contributed by atoms with Gasteiger partial charge in [-0.2, -0.15) is 0 Å². The zero-order valence-corrected chi connectivity index (χ0v) is 14.5. The number of nitrogens with one attached hydrogen (secondary N) is 2. The van der Waals surface area contributed by atoms with Crippen molar-refractivity contribution >= 4 is 0 Å². The molecule has 0 saturated heterocycles. The number of aromatic nitrogens is 1. The van der Waals surface area contributed by atoms with Crippen LogP contribution in [0, 0.1) is 0 Å². The molecule has 1 aromatic carbocycles. The van der Waals surface area contributed by atoms with Gasteiger partial charge in [-0.1, -0.05) is 18.2 Å². The quantitative estimate of drug-likeness (QED) is 0.857. The summed E-state index contributed by atoms with van der Waals surface area (Å²) in [6.07, 6.45) is 4.45. The number of hydrogen-bond donors (Lipinski definition) is 2. The van der Waals surface area contributed by atoms with E-state index in [1.165, 1.54) is 18.4 Å². The highest BCUT2D eigenvalue weighted by Gasteiger charge is 2.20. The van der Waals surface area contributed by atoms with Gasteiger partial charge in [0, 0.05) is 24.3 Å². The van der Waals surface area contributed by atoms with Crippen LogP contribution in [0.4, 0.5) is 0 Å². The molecule has 0 unspecified atom stereocenters. The van der Waals surface area contributed by atoms with Crippen LogP contribution in [-0.4, -0.2) is 17.1 Å². The van der Waals surface area contributed by atoms with Crippen LogP contribution >= 0.6 is 0 Å². The molecule has 0 bridgehead atoms. The molecular weight excluding hydrogens is 300 g/mol. The van der Waals surface area contributed by atoms with Gasteiger partial charge in [0.05, 0.1) is 0 Å². The van der Waals surface area contributed by atoms with Crippen LogP contribution in [0.1, 0.15) is 43.5 Å². The molecule has 0 spiro atoms. The van der Waals surface area contributed by atoms with E-state index in [1.54, 1.807) is 0 Å². The average molecular weight is 326 g/mol. The fraction of sp³-hybridized carbons (Fsp3) is 0.450. The number of H-pyrrole nitrogens is 1. The van der Waals surface area contributed by atoms with Crippen LogP contribution in [0.2, 0.25) is 0 Å². The van der Waals surface area contributed by atoms with Crippen molar-refractivity contribution in [2.24, 2.45) is 0 Å². The zero-order chi connectivity index (χ0) is 17.0. The van der Waals surface area contributed by atoms with Crippen molar-refractivity contribution in [3.63, 3.8) is 0 Å². The Morgan fingerprint density at radius 2 is 1.92 bits per heavy atom. The molecule has 2 N–H and O–H groups in total. The molecule has 0 aliphatic heterocycles. The Bertz CT molecular complexity index is 735. The Hall–Kier alpha value is -2.07. The van der Waals surface area contributed by atoms with Gasteiger partial charge in [-0.05, 0) is 63.3 Å². The van der Waals surface area contributed by atoms with Crippen molar-refractivity contribution in [2.75, 3.05) is 6.54 Å². The van der Waals surface area contributed by atoms with E-state index in [-0.39, 0.29) is 11.2 Å². The second-order valence-corrected chi connectivity index (χ2v) is 7.11. The van der Waals surface area contributed by atoms with Gasteiger partial charge in [0.2, 0.25) is 0 Å². The predicted molar refractivity (Wildman–Crippen MR) is 96.6 cm³/mol. The van der Waals surface area contributed by atoms with E-state index < -0.39 is 0 Å². The number of hydrogen-bond acceptors (Lipinski definition) is 3. The summed E-state index contributed by atoms with van der Waals surface area (Å²) >= 11 is 0. The van der Waals surface area contributed by atoms with Crippen LogP contribution < -0.4 is 15.6 Å². The summed E-state index contributed by atoms with van der Waals surface area (Å²) < 4.78 is 6.01. The minimum absolute atomic E-state index is 0.0323. The summed E-state index contributed by atoms with van der Waals surface area (Å²) in [6, 6.07) is 11.9. The van der Waals surface area contributed by atoms with Crippen molar-refractivity contribution < 1.29 is 4.74 Å². The summed E-state index contributed by atoms with van der Waals surface area (Å²) in [7, 11) is 0. The highest BCUT2D eigenvalue weighted by atomic mass is 16.5. The van der Waals surface area contributed by atoms with Crippen LogP contribution in [0.5, 0.6) is 5.75 Å². The SMILES string of the molecule is CC(C)(CNCc1cc2c([nH]c1=O)CCCC2)Oc1ccccc1. The molecule has 4 nitrogen and oxygen atoms in total. The van der Waals surface area contributed by atoms with Gasteiger partial charge < -0.3 is 15.0 Å². The van der Waals surface area contributed by atoms with Gasteiger partial charge in [0.25, 0.3) is 5.56 Å². The minimum Gasteiger partial charge on any atom is -0.487 e. The lowest BCUT2D eigenvalue weighted by atomic mass is 9.95. The first kappa shape index (κ1) is 16.8. The van der Waals surface area contributed by atoms with Crippen molar-refractivity contribution in [2.45, 2.75) is 51.7 Å². The number of para-hydroxylation sites is 1. The van der Waals surface area contributed by atoms with Gasteiger partial charge in [-0.15, -0.1) is 0 Å². The van der Waals surface area contributed by atoms with E-state index in [0.717, 1.165) is 29.8 Å². The maximum absolute atomic E-state index is 12.2. The Morgan fingerprint density at radius 1 is 1.17 bits per heavy atom. The molecular formula is C20H26N2O2. The Balaban J connectivity index is 1.59. The molecule has 0 saturated carbocycles. The van der Waals surface area contributed by atoms with Gasteiger partial charge in [0.1, 0.15) is 11.4 Å². The van der Waals surface area contributed by atoms with Crippen molar-refractivity contribution in [1.82, 2.24) is 10.3 Å². The lowest BCUT2D eigenvalue weighted by molar-refractivity contribution is 0.108. The number of benzene rings is 1. The highest BCUT2D eigenvalue weighted by molar-refractivity contribution is 5.27. The number of aryl methyl sites for hydroxylation is 2. The van der Waals surface area contributed by atoms with Gasteiger partial charge in [-0.25, -0.2) is 0 Å². The molecule has 2 aromatic rings. The molecule has 4 heteroatoms.